The van der Waals surface area contributed by atoms with Crippen molar-refractivity contribution < 1.29 is 14.5 Å². The number of Topliss-reactive ketones (excluding diaryl/α,β-unsaturated/α-hetero) is 1. The van der Waals surface area contributed by atoms with E-state index in [2.05, 4.69) is 0 Å². The molecule has 0 aliphatic carbocycles. The molecule has 0 N–H and O–H groups in total. The first-order valence-electron chi connectivity index (χ1n) is 4.92. The number of benzene rings is 1. The molecule has 0 aliphatic heterocycles. The number of rotatable bonds is 5. The van der Waals surface area contributed by atoms with Gasteiger partial charge in [-0.05, 0) is 24.3 Å². The van der Waals surface area contributed by atoms with Crippen LogP contribution in [0, 0.1) is 10.1 Å². The number of ether oxygens (including phenoxy) is 1. The van der Waals surface area contributed by atoms with Crippen LogP contribution in [0.1, 0.15) is 23.7 Å². The second kappa shape index (κ2) is 5.25. The van der Waals surface area contributed by atoms with Gasteiger partial charge in [-0.3, -0.25) is 14.9 Å². The van der Waals surface area contributed by atoms with Crippen LogP contribution >= 0.6 is 0 Å². The Kier molecular flexibility index (Phi) is 3.99. The number of carbonyl (C=O) groups is 1. The number of ketones is 1. The molecule has 0 saturated carbocycles. The first kappa shape index (κ1) is 12.2. The molecule has 86 valence electrons. The van der Waals surface area contributed by atoms with Gasteiger partial charge in [0.2, 0.25) is 5.78 Å². The molecular formula is C11H13NO4. The predicted octanol–water partition coefficient (Wildman–Crippen LogP) is 1.93. The van der Waals surface area contributed by atoms with Gasteiger partial charge in [-0.15, -0.1) is 0 Å². The lowest BCUT2D eigenvalue weighted by molar-refractivity contribution is -0.505. The lowest BCUT2D eigenvalue weighted by atomic mass is 10.0. The van der Waals surface area contributed by atoms with E-state index in [1.807, 2.05) is 0 Å². The molecule has 1 atom stereocenters. The Balaban J connectivity index is 2.91. The van der Waals surface area contributed by atoms with E-state index in [4.69, 9.17) is 4.74 Å². The first-order chi connectivity index (χ1) is 7.60. The Morgan fingerprint density at radius 3 is 2.38 bits per heavy atom. The minimum atomic E-state index is -1.16. The summed E-state index contributed by atoms with van der Waals surface area (Å²) in [4.78, 5) is 21.8. The van der Waals surface area contributed by atoms with E-state index in [0.29, 0.717) is 11.3 Å². The van der Waals surface area contributed by atoms with Crippen LogP contribution < -0.4 is 4.74 Å². The van der Waals surface area contributed by atoms with Crippen molar-refractivity contribution in [3.05, 3.63) is 39.9 Å². The summed E-state index contributed by atoms with van der Waals surface area (Å²) in [5.74, 6) is 0.154. The van der Waals surface area contributed by atoms with Crippen molar-refractivity contribution in [3.8, 4) is 5.75 Å². The van der Waals surface area contributed by atoms with Crippen LogP contribution in [0.15, 0.2) is 24.3 Å². The van der Waals surface area contributed by atoms with E-state index in [0.717, 1.165) is 0 Å². The van der Waals surface area contributed by atoms with E-state index in [9.17, 15) is 14.9 Å². The van der Waals surface area contributed by atoms with Gasteiger partial charge >= 0.3 is 0 Å². The monoisotopic (exact) mass is 223 g/mol. The van der Waals surface area contributed by atoms with E-state index in [1.54, 1.807) is 19.1 Å². The average molecular weight is 223 g/mol. The molecular weight excluding hydrogens is 210 g/mol. The van der Waals surface area contributed by atoms with Gasteiger partial charge in [-0.2, -0.15) is 0 Å². The second-order valence-electron chi connectivity index (χ2n) is 3.30. The van der Waals surface area contributed by atoms with Crippen molar-refractivity contribution >= 4 is 5.78 Å². The largest absolute Gasteiger partial charge is 0.497 e. The molecule has 0 radical (unpaired) electrons. The molecule has 1 aromatic carbocycles. The lowest BCUT2D eigenvalue weighted by Gasteiger charge is -2.06. The number of carbonyl (C=O) groups excluding carboxylic acids is 1. The number of hydrogen-bond acceptors (Lipinski definition) is 4. The Hall–Kier alpha value is -1.91. The fourth-order valence-corrected chi connectivity index (χ4v) is 1.38. The van der Waals surface area contributed by atoms with Crippen LogP contribution in [0.5, 0.6) is 5.75 Å². The summed E-state index contributed by atoms with van der Waals surface area (Å²) in [5, 5.41) is 10.6. The Morgan fingerprint density at radius 1 is 1.44 bits per heavy atom. The van der Waals surface area contributed by atoms with E-state index in [-0.39, 0.29) is 6.42 Å². The zero-order chi connectivity index (χ0) is 12.1. The van der Waals surface area contributed by atoms with Crippen LogP contribution in [0.3, 0.4) is 0 Å². The molecule has 0 heterocycles. The summed E-state index contributed by atoms with van der Waals surface area (Å²) < 4.78 is 4.94. The molecule has 1 unspecified atom stereocenters. The molecule has 5 heteroatoms. The molecule has 0 saturated heterocycles. The van der Waals surface area contributed by atoms with Gasteiger partial charge in [0.25, 0.3) is 6.04 Å². The lowest BCUT2D eigenvalue weighted by Crippen LogP contribution is -2.28. The van der Waals surface area contributed by atoms with E-state index < -0.39 is 16.7 Å². The SMILES string of the molecule is CCC(C(=O)c1ccc(OC)cc1)[N+](=O)[O-]. The molecule has 16 heavy (non-hydrogen) atoms. The maximum absolute atomic E-state index is 11.7. The fraction of sp³-hybridized carbons (Fsp3) is 0.364. The van der Waals surface area contributed by atoms with Gasteiger partial charge in [-0.1, -0.05) is 6.92 Å². The number of nitrogens with zero attached hydrogens (tertiary/aromatic N) is 1. The molecule has 0 spiro atoms. The Bertz CT molecular complexity index is 385. The molecule has 1 aromatic rings. The highest BCUT2D eigenvalue weighted by atomic mass is 16.6. The maximum Gasteiger partial charge on any atom is 0.274 e. The molecule has 0 aliphatic rings. The quantitative estimate of drug-likeness (QED) is 0.434. The molecule has 0 amide bonds. The molecule has 0 aromatic heterocycles. The highest BCUT2D eigenvalue weighted by molar-refractivity contribution is 5.99. The van der Waals surface area contributed by atoms with Crippen LogP contribution in [-0.2, 0) is 0 Å². The van der Waals surface area contributed by atoms with Crippen LogP contribution in [0.4, 0.5) is 0 Å². The summed E-state index contributed by atoms with van der Waals surface area (Å²) in [6.07, 6.45) is 0.192. The summed E-state index contributed by atoms with van der Waals surface area (Å²) in [7, 11) is 1.52. The average Bonchev–Trinajstić information content (AvgIpc) is 2.29. The normalized spacial score (nSPS) is 11.9. The fourth-order valence-electron chi connectivity index (χ4n) is 1.38. The van der Waals surface area contributed by atoms with Crippen molar-refractivity contribution in [3.63, 3.8) is 0 Å². The van der Waals surface area contributed by atoms with Gasteiger partial charge in [0.15, 0.2) is 0 Å². The Labute approximate surface area is 93.2 Å². The molecule has 0 bridgehead atoms. The van der Waals surface area contributed by atoms with Crippen LogP contribution in [0.25, 0.3) is 0 Å². The maximum atomic E-state index is 11.7. The molecule has 5 nitrogen and oxygen atoms in total. The Morgan fingerprint density at radius 2 is 2.00 bits per heavy atom. The topological polar surface area (TPSA) is 69.4 Å². The third-order valence-electron chi connectivity index (χ3n) is 2.32. The van der Waals surface area contributed by atoms with Crippen molar-refractivity contribution in [2.75, 3.05) is 7.11 Å². The highest BCUT2D eigenvalue weighted by Crippen LogP contribution is 2.14. The van der Waals surface area contributed by atoms with E-state index >= 15 is 0 Å². The van der Waals surface area contributed by atoms with Crippen LogP contribution in [0.2, 0.25) is 0 Å². The summed E-state index contributed by atoms with van der Waals surface area (Å²) in [6, 6.07) is 5.13. The minimum absolute atomic E-state index is 0.192. The first-order valence-corrected chi connectivity index (χ1v) is 4.92. The highest BCUT2D eigenvalue weighted by Gasteiger charge is 2.28. The standard InChI is InChI=1S/C11H13NO4/c1-3-10(12(14)15)11(13)8-4-6-9(16-2)7-5-8/h4-7,10H,3H2,1-2H3. The smallest absolute Gasteiger partial charge is 0.274 e. The minimum Gasteiger partial charge on any atom is -0.497 e. The van der Waals surface area contributed by atoms with Crippen molar-refractivity contribution in [2.45, 2.75) is 19.4 Å². The number of nitro groups is 1. The van der Waals surface area contributed by atoms with Gasteiger partial charge in [0.05, 0.1) is 7.11 Å². The van der Waals surface area contributed by atoms with Gasteiger partial charge in [0.1, 0.15) is 5.75 Å². The van der Waals surface area contributed by atoms with Crippen molar-refractivity contribution in [1.82, 2.24) is 0 Å². The van der Waals surface area contributed by atoms with Gasteiger partial charge < -0.3 is 4.74 Å². The predicted molar refractivity (Wildman–Crippen MR) is 58.4 cm³/mol. The summed E-state index contributed by atoms with van der Waals surface area (Å²) in [5.41, 5.74) is 0.337. The van der Waals surface area contributed by atoms with Crippen molar-refractivity contribution in [2.24, 2.45) is 0 Å². The third kappa shape index (κ3) is 2.56. The van der Waals surface area contributed by atoms with Crippen molar-refractivity contribution in [1.29, 1.82) is 0 Å². The van der Waals surface area contributed by atoms with Gasteiger partial charge in [-0.25, -0.2) is 0 Å². The van der Waals surface area contributed by atoms with E-state index in [1.165, 1.54) is 19.2 Å². The van der Waals surface area contributed by atoms with Crippen LogP contribution in [-0.4, -0.2) is 23.9 Å². The number of hydrogen-bond donors (Lipinski definition) is 0. The van der Waals surface area contributed by atoms with Gasteiger partial charge in [0, 0.05) is 16.9 Å². The number of methoxy groups -OCH3 is 1. The second-order valence-corrected chi connectivity index (χ2v) is 3.30. The molecule has 1 rings (SSSR count). The summed E-state index contributed by atoms with van der Waals surface area (Å²) >= 11 is 0. The summed E-state index contributed by atoms with van der Waals surface area (Å²) in [6.45, 7) is 1.62. The third-order valence-corrected chi connectivity index (χ3v) is 2.32. The molecule has 0 fully saturated rings. The zero-order valence-electron chi connectivity index (χ0n) is 9.17. The zero-order valence-corrected chi connectivity index (χ0v) is 9.17.